The number of hydrogen-bond donors (Lipinski definition) is 1. The first kappa shape index (κ1) is 12.8. The lowest BCUT2D eigenvalue weighted by molar-refractivity contribution is 0.451. The highest BCUT2D eigenvalue weighted by atomic mass is 19.1. The Morgan fingerprint density at radius 3 is 2.75 bits per heavy atom. The Hall–Kier alpha value is -2.17. The van der Waals surface area contributed by atoms with Crippen LogP contribution in [0.15, 0.2) is 24.3 Å². The van der Waals surface area contributed by atoms with Gasteiger partial charge in [-0.05, 0) is 31.4 Å². The van der Waals surface area contributed by atoms with E-state index in [9.17, 15) is 4.39 Å². The van der Waals surface area contributed by atoms with E-state index < -0.39 is 0 Å². The molecule has 1 aromatic heterocycles. The van der Waals surface area contributed by atoms with Crippen LogP contribution < -0.4 is 10.1 Å². The number of anilines is 1. The molecule has 0 radical (unpaired) electrons. The Balaban J connectivity index is 1.93. The summed E-state index contributed by atoms with van der Waals surface area (Å²) in [5.74, 6) is 2.54. The Morgan fingerprint density at radius 2 is 2.05 bits per heavy atom. The van der Waals surface area contributed by atoms with Crippen LogP contribution in [0.5, 0.6) is 11.6 Å². The minimum atomic E-state index is -0.323. The third-order valence-corrected chi connectivity index (χ3v) is 3.28. The first-order chi connectivity index (χ1) is 9.65. The van der Waals surface area contributed by atoms with Crippen molar-refractivity contribution in [2.75, 3.05) is 12.4 Å². The molecular weight excluding hydrogens is 257 g/mol. The second kappa shape index (κ2) is 5.07. The average molecular weight is 273 g/mol. The molecule has 1 N–H and O–H groups in total. The lowest BCUT2D eigenvalue weighted by Gasteiger charge is -2.10. The molecule has 2 aromatic rings. The maximum absolute atomic E-state index is 13.3. The van der Waals surface area contributed by atoms with Crippen LogP contribution in [-0.2, 0) is 0 Å². The molecule has 0 aliphatic heterocycles. The summed E-state index contributed by atoms with van der Waals surface area (Å²) in [6.45, 7) is 1.87. The normalized spacial score (nSPS) is 14.2. The van der Waals surface area contributed by atoms with Crippen molar-refractivity contribution in [3.8, 4) is 11.6 Å². The number of benzene rings is 1. The van der Waals surface area contributed by atoms with E-state index in [-0.39, 0.29) is 5.82 Å². The molecule has 0 amide bonds. The van der Waals surface area contributed by atoms with Gasteiger partial charge in [-0.1, -0.05) is 6.07 Å². The molecular formula is C15H16FN3O. The van der Waals surface area contributed by atoms with Crippen LogP contribution >= 0.6 is 0 Å². The number of ether oxygens (including phenoxy) is 1. The zero-order valence-corrected chi connectivity index (χ0v) is 11.5. The minimum absolute atomic E-state index is 0.323. The third kappa shape index (κ3) is 2.71. The van der Waals surface area contributed by atoms with Crippen molar-refractivity contribution in [2.45, 2.75) is 25.7 Å². The van der Waals surface area contributed by atoms with E-state index >= 15 is 0 Å². The lowest BCUT2D eigenvalue weighted by atomic mass is 10.2. The molecule has 104 valence electrons. The van der Waals surface area contributed by atoms with Gasteiger partial charge in [0.2, 0.25) is 5.88 Å². The fourth-order valence-electron chi connectivity index (χ4n) is 1.94. The Morgan fingerprint density at radius 1 is 1.25 bits per heavy atom. The summed E-state index contributed by atoms with van der Waals surface area (Å²) in [6, 6.07) is 6.19. The molecule has 5 heteroatoms. The SMILES string of the molecule is CNc1cc(Oc2cc(F)ccc2C)nc(C2CC2)n1. The molecule has 0 bridgehead atoms. The molecule has 1 aliphatic rings. The van der Waals surface area contributed by atoms with Crippen molar-refractivity contribution in [1.82, 2.24) is 9.97 Å². The third-order valence-electron chi connectivity index (χ3n) is 3.28. The lowest BCUT2D eigenvalue weighted by Crippen LogP contribution is -2.01. The molecule has 0 saturated heterocycles. The van der Waals surface area contributed by atoms with Crippen LogP contribution in [0.4, 0.5) is 10.2 Å². The standard InChI is InChI=1S/C15H16FN3O/c1-9-3-6-11(16)7-12(9)20-14-8-13(17-2)18-15(19-14)10-4-5-10/h3,6-8,10H,4-5H2,1-2H3,(H,17,18,19). The summed E-state index contributed by atoms with van der Waals surface area (Å²) in [5, 5.41) is 3.00. The quantitative estimate of drug-likeness (QED) is 0.924. The number of nitrogens with zero attached hydrogens (tertiary/aromatic N) is 2. The van der Waals surface area contributed by atoms with Crippen molar-refractivity contribution in [3.63, 3.8) is 0 Å². The highest BCUT2D eigenvalue weighted by Gasteiger charge is 2.27. The molecule has 1 aromatic carbocycles. The summed E-state index contributed by atoms with van der Waals surface area (Å²) in [7, 11) is 1.80. The predicted octanol–water partition coefficient (Wildman–Crippen LogP) is 3.64. The molecule has 1 aliphatic carbocycles. The zero-order valence-electron chi connectivity index (χ0n) is 11.5. The average Bonchev–Trinajstić information content (AvgIpc) is 3.27. The Bertz CT molecular complexity index is 641. The predicted molar refractivity (Wildman–Crippen MR) is 74.8 cm³/mol. The second-order valence-electron chi connectivity index (χ2n) is 4.99. The van der Waals surface area contributed by atoms with Gasteiger partial charge in [-0.3, -0.25) is 0 Å². The second-order valence-corrected chi connectivity index (χ2v) is 4.99. The monoisotopic (exact) mass is 273 g/mol. The highest BCUT2D eigenvalue weighted by Crippen LogP contribution is 2.39. The minimum Gasteiger partial charge on any atom is -0.438 e. The van der Waals surface area contributed by atoms with E-state index in [0.717, 1.165) is 24.2 Å². The molecule has 20 heavy (non-hydrogen) atoms. The summed E-state index contributed by atoms with van der Waals surface area (Å²) in [4.78, 5) is 8.83. The van der Waals surface area contributed by atoms with Gasteiger partial charge < -0.3 is 10.1 Å². The molecule has 0 unspecified atom stereocenters. The van der Waals surface area contributed by atoms with E-state index in [1.165, 1.54) is 12.1 Å². The molecule has 3 rings (SSSR count). The summed E-state index contributed by atoms with van der Waals surface area (Å²) in [6.07, 6.45) is 2.23. The largest absolute Gasteiger partial charge is 0.438 e. The van der Waals surface area contributed by atoms with Gasteiger partial charge in [0.15, 0.2) is 0 Å². The Labute approximate surface area is 117 Å². The van der Waals surface area contributed by atoms with Crippen molar-refractivity contribution in [1.29, 1.82) is 0 Å². The first-order valence-corrected chi connectivity index (χ1v) is 6.66. The van der Waals surface area contributed by atoms with Crippen LogP contribution in [0.1, 0.15) is 30.1 Å². The molecule has 0 atom stereocenters. The maximum atomic E-state index is 13.3. The Kier molecular flexibility index (Phi) is 3.26. The number of halogens is 1. The van der Waals surface area contributed by atoms with E-state index in [2.05, 4.69) is 15.3 Å². The van der Waals surface area contributed by atoms with Gasteiger partial charge in [0.05, 0.1) is 0 Å². The zero-order chi connectivity index (χ0) is 14.1. The number of hydrogen-bond acceptors (Lipinski definition) is 4. The number of nitrogens with one attached hydrogen (secondary N) is 1. The molecule has 1 saturated carbocycles. The van der Waals surface area contributed by atoms with Crippen molar-refractivity contribution >= 4 is 5.82 Å². The van der Waals surface area contributed by atoms with Crippen LogP contribution in [0.3, 0.4) is 0 Å². The van der Waals surface area contributed by atoms with Crippen LogP contribution in [0.2, 0.25) is 0 Å². The van der Waals surface area contributed by atoms with Gasteiger partial charge in [0.25, 0.3) is 0 Å². The van der Waals surface area contributed by atoms with Crippen molar-refractivity contribution < 1.29 is 9.13 Å². The summed E-state index contributed by atoms with van der Waals surface area (Å²) in [5.41, 5.74) is 0.865. The van der Waals surface area contributed by atoms with Gasteiger partial charge in [-0.25, -0.2) is 9.37 Å². The first-order valence-electron chi connectivity index (χ1n) is 6.66. The number of rotatable bonds is 4. The van der Waals surface area contributed by atoms with Crippen LogP contribution in [0.25, 0.3) is 0 Å². The van der Waals surface area contributed by atoms with Gasteiger partial charge in [-0.2, -0.15) is 4.98 Å². The molecule has 1 fully saturated rings. The fourth-order valence-corrected chi connectivity index (χ4v) is 1.94. The number of aromatic nitrogens is 2. The highest BCUT2D eigenvalue weighted by molar-refractivity contribution is 5.42. The van der Waals surface area contributed by atoms with Crippen LogP contribution in [0, 0.1) is 12.7 Å². The van der Waals surface area contributed by atoms with E-state index in [4.69, 9.17) is 4.74 Å². The number of aryl methyl sites for hydroxylation is 1. The van der Waals surface area contributed by atoms with Crippen molar-refractivity contribution in [2.24, 2.45) is 0 Å². The topological polar surface area (TPSA) is 47.0 Å². The van der Waals surface area contributed by atoms with Gasteiger partial charge in [0, 0.05) is 25.1 Å². The molecule has 4 nitrogen and oxygen atoms in total. The van der Waals surface area contributed by atoms with Crippen LogP contribution in [-0.4, -0.2) is 17.0 Å². The molecule has 1 heterocycles. The maximum Gasteiger partial charge on any atom is 0.224 e. The van der Waals surface area contributed by atoms with E-state index in [1.54, 1.807) is 19.2 Å². The van der Waals surface area contributed by atoms with Gasteiger partial charge in [0.1, 0.15) is 23.2 Å². The van der Waals surface area contributed by atoms with Gasteiger partial charge in [-0.15, -0.1) is 0 Å². The van der Waals surface area contributed by atoms with E-state index in [0.29, 0.717) is 23.4 Å². The molecule has 0 spiro atoms. The smallest absolute Gasteiger partial charge is 0.224 e. The van der Waals surface area contributed by atoms with E-state index in [1.807, 2.05) is 6.92 Å². The van der Waals surface area contributed by atoms with Crippen molar-refractivity contribution in [3.05, 3.63) is 41.5 Å². The van der Waals surface area contributed by atoms with Gasteiger partial charge >= 0.3 is 0 Å². The summed E-state index contributed by atoms with van der Waals surface area (Å²) >= 11 is 0. The summed E-state index contributed by atoms with van der Waals surface area (Å²) < 4.78 is 19.0. The fraction of sp³-hybridized carbons (Fsp3) is 0.333.